The van der Waals surface area contributed by atoms with Crippen LogP contribution in [-0.2, 0) is 0 Å². The van der Waals surface area contributed by atoms with Gasteiger partial charge in [0.1, 0.15) is 5.58 Å². The van der Waals surface area contributed by atoms with E-state index in [2.05, 4.69) is 0 Å². The Morgan fingerprint density at radius 1 is 1.18 bits per heavy atom. The molecule has 1 aromatic heterocycles. The second kappa shape index (κ2) is 5.31. The Morgan fingerprint density at radius 2 is 1.91 bits per heavy atom. The number of fused-ring (bicyclic) bond motifs is 1. The molecule has 0 spiro atoms. The van der Waals surface area contributed by atoms with Gasteiger partial charge in [-0.15, -0.1) is 0 Å². The number of benzene rings is 2. The van der Waals surface area contributed by atoms with Crippen molar-refractivity contribution in [1.82, 2.24) is 0 Å². The van der Waals surface area contributed by atoms with Crippen molar-refractivity contribution in [3.8, 4) is 11.1 Å². The summed E-state index contributed by atoms with van der Waals surface area (Å²) in [5, 5.41) is 10.3. The van der Waals surface area contributed by atoms with Crippen LogP contribution in [-0.4, -0.2) is 11.1 Å². The van der Waals surface area contributed by atoms with Crippen molar-refractivity contribution in [1.29, 1.82) is 0 Å². The van der Waals surface area contributed by atoms with E-state index in [1.54, 1.807) is 42.5 Å². The number of hydrogen-bond donors (Lipinski definition) is 1. The molecule has 0 fully saturated rings. The van der Waals surface area contributed by atoms with E-state index in [1.165, 1.54) is 0 Å². The van der Waals surface area contributed by atoms with Crippen LogP contribution in [0.15, 0.2) is 51.7 Å². The highest BCUT2D eigenvalue weighted by molar-refractivity contribution is 6.34. The summed E-state index contributed by atoms with van der Waals surface area (Å²) in [4.78, 5) is 23.6. The third kappa shape index (κ3) is 2.27. The topological polar surface area (TPSA) is 67.5 Å². The highest BCUT2D eigenvalue weighted by atomic mass is 35.5. The fraction of sp³-hybridized carbons (Fsp3) is 0.0588. The highest BCUT2D eigenvalue weighted by Crippen LogP contribution is 2.35. The van der Waals surface area contributed by atoms with Crippen molar-refractivity contribution in [2.24, 2.45) is 0 Å². The Balaban J connectivity index is 2.57. The molecule has 0 unspecified atom stereocenters. The first-order valence-electron chi connectivity index (χ1n) is 6.54. The van der Waals surface area contributed by atoms with Gasteiger partial charge in [0.15, 0.2) is 5.56 Å². The zero-order valence-corrected chi connectivity index (χ0v) is 12.3. The molecule has 1 heterocycles. The molecule has 0 atom stereocenters. The minimum atomic E-state index is -1.34. The summed E-state index contributed by atoms with van der Waals surface area (Å²) in [5.41, 5.74) is 0.726. The van der Waals surface area contributed by atoms with E-state index in [9.17, 15) is 14.7 Å². The number of carboxylic acid groups (broad SMARTS) is 1. The molecule has 3 rings (SSSR count). The summed E-state index contributed by atoms with van der Waals surface area (Å²) in [6.45, 7) is 1.88. The average molecular weight is 315 g/mol. The molecule has 0 aliphatic carbocycles. The second-order valence-corrected chi connectivity index (χ2v) is 5.33. The van der Waals surface area contributed by atoms with Gasteiger partial charge in [0.05, 0.1) is 0 Å². The maximum Gasteiger partial charge on any atom is 0.351 e. The summed E-state index contributed by atoms with van der Waals surface area (Å²) >= 11 is 6.20. The molecule has 0 radical (unpaired) electrons. The van der Waals surface area contributed by atoms with Gasteiger partial charge in [0.25, 0.3) is 0 Å². The zero-order chi connectivity index (χ0) is 15.9. The SMILES string of the molecule is Cc1ccc2oc(=O)c(C(=O)O)c(-c3ccccc3Cl)c2c1. The van der Waals surface area contributed by atoms with Crippen LogP contribution in [0.2, 0.25) is 5.02 Å². The molecule has 5 heteroatoms. The van der Waals surface area contributed by atoms with Crippen molar-refractivity contribution in [3.63, 3.8) is 0 Å². The molecule has 0 saturated heterocycles. The van der Waals surface area contributed by atoms with E-state index >= 15 is 0 Å². The lowest BCUT2D eigenvalue weighted by molar-refractivity contribution is 0.0693. The normalized spacial score (nSPS) is 10.8. The first-order chi connectivity index (χ1) is 10.5. The summed E-state index contributed by atoms with van der Waals surface area (Å²) in [5.74, 6) is -1.34. The molecule has 0 amide bonds. The first-order valence-corrected chi connectivity index (χ1v) is 6.92. The number of aromatic carboxylic acids is 1. The largest absolute Gasteiger partial charge is 0.477 e. The summed E-state index contributed by atoms with van der Waals surface area (Å²) < 4.78 is 5.13. The maximum atomic E-state index is 12.1. The van der Waals surface area contributed by atoms with Gasteiger partial charge < -0.3 is 9.52 Å². The Kier molecular flexibility index (Phi) is 3.47. The molecule has 3 aromatic rings. The summed E-state index contributed by atoms with van der Waals surface area (Å²) in [6, 6.07) is 12.0. The van der Waals surface area contributed by atoms with Crippen LogP contribution in [0.5, 0.6) is 0 Å². The number of rotatable bonds is 2. The average Bonchev–Trinajstić information content (AvgIpc) is 2.47. The van der Waals surface area contributed by atoms with Crippen LogP contribution in [0.4, 0.5) is 0 Å². The van der Waals surface area contributed by atoms with Gasteiger partial charge in [-0.3, -0.25) is 0 Å². The molecule has 0 bridgehead atoms. The van der Waals surface area contributed by atoms with E-state index in [4.69, 9.17) is 16.0 Å². The lowest BCUT2D eigenvalue weighted by atomic mass is 9.96. The quantitative estimate of drug-likeness (QED) is 0.722. The van der Waals surface area contributed by atoms with E-state index < -0.39 is 17.2 Å². The van der Waals surface area contributed by atoms with Gasteiger partial charge in [-0.1, -0.05) is 41.4 Å². The molecular formula is C17H11ClO4. The van der Waals surface area contributed by atoms with Crippen LogP contribution < -0.4 is 5.63 Å². The van der Waals surface area contributed by atoms with Gasteiger partial charge in [-0.25, -0.2) is 9.59 Å². The van der Waals surface area contributed by atoms with Gasteiger partial charge >= 0.3 is 11.6 Å². The minimum Gasteiger partial charge on any atom is -0.477 e. The lowest BCUT2D eigenvalue weighted by Gasteiger charge is -2.11. The highest BCUT2D eigenvalue weighted by Gasteiger charge is 2.23. The van der Waals surface area contributed by atoms with Crippen LogP contribution in [0.1, 0.15) is 15.9 Å². The predicted octanol–water partition coefficient (Wildman–Crippen LogP) is 4.12. The summed E-state index contributed by atoms with van der Waals surface area (Å²) in [7, 11) is 0. The zero-order valence-electron chi connectivity index (χ0n) is 11.6. The number of halogens is 1. The minimum absolute atomic E-state index is 0.285. The molecular weight excluding hydrogens is 304 g/mol. The van der Waals surface area contributed by atoms with Crippen LogP contribution in [0.25, 0.3) is 22.1 Å². The molecule has 1 N–H and O–H groups in total. The lowest BCUT2D eigenvalue weighted by Crippen LogP contribution is -2.15. The molecule has 22 heavy (non-hydrogen) atoms. The van der Waals surface area contributed by atoms with Crippen LogP contribution in [0.3, 0.4) is 0 Å². The number of carboxylic acids is 1. The standard InChI is InChI=1S/C17H11ClO4/c1-9-6-7-13-11(8-9)14(10-4-2-3-5-12(10)18)15(16(19)20)17(21)22-13/h2-8H,1H3,(H,19,20). The molecule has 0 aliphatic rings. The van der Waals surface area contributed by atoms with Crippen molar-refractivity contribution in [2.75, 3.05) is 0 Å². The van der Waals surface area contributed by atoms with Gasteiger partial charge in [0.2, 0.25) is 0 Å². The van der Waals surface area contributed by atoms with Crippen LogP contribution >= 0.6 is 11.6 Å². The predicted molar refractivity (Wildman–Crippen MR) is 84.6 cm³/mol. The number of hydrogen-bond acceptors (Lipinski definition) is 3. The molecule has 4 nitrogen and oxygen atoms in total. The number of carbonyl (C=O) groups is 1. The van der Waals surface area contributed by atoms with Gasteiger partial charge in [-0.2, -0.15) is 0 Å². The van der Waals surface area contributed by atoms with Crippen LogP contribution in [0, 0.1) is 6.92 Å². The molecule has 0 saturated carbocycles. The Morgan fingerprint density at radius 3 is 2.59 bits per heavy atom. The Hall–Kier alpha value is -2.59. The fourth-order valence-electron chi connectivity index (χ4n) is 2.45. The monoisotopic (exact) mass is 314 g/mol. The van der Waals surface area contributed by atoms with E-state index in [1.807, 2.05) is 6.92 Å². The summed E-state index contributed by atoms with van der Waals surface area (Å²) in [6.07, 6.45) is 0. The number of aryl methyl sites for hydroxylation is 1. The molecule has 110 valence electrons. The van der Waals surface area contributed by atoms with Gasteiger partial charge in [-0.05, 0) is 25.1 Å². The van der Waals surface area contributed by atoms with Crippen molar-refractivity contribution in [2.45, 2.75) is 6.92 Å². The van der Waals surface area contributed by atoms with E-state index in [0.29, 0.717) is 21.6 Å². The van der Waals surface area contributed by atoms with E-state index in [-0.39, 0.29) is 5.56 Å². The van der Waals surface area contributed by atoms with Crippen molar-refractivity contribution >= 4 is 28.5 Å². The van der Waals surface area contributed by atoms with Crippen molar-refractivity contribution in [3.05, 3.63) is 69.0 Å². The van der Waals surface area contributed by atoms with Gasteiger partial charge in [0, 0.05) is 21.5 Å². The molecule has 0 aliphatic heterocycles. The van der Waals surface area contributed by atoms with E-state index in [0.717, 1.165) is 5.56 Å². The third-order valence-electron chi connectivity index (χ3n) is 3.42. The Bertz CT molecular complexity index is 957. The second-order valence-electron chi connectivity index (χ2n) is 4.92. The fourth-order valence-corrected chi connectivity index (χ4v) is 2.68. The first kappa shape index (κ1) is 14.4. The maximum absolute atomic E-state index is 12.1. The Labute approximate surface area is 130 Å². The molecule has 2 aromatic carbocycles. The smallest absolute Gasteiger partial charge is 0.351 e. The van der Waals surface area contributed by atoms with Crippen molar-refractivity contribution < 1.29 is 14.3 Å². The third-order valence-corrected chi connectivity index (χ3v) is 3.75.